The average Bonchev–Trinajstić information content (AvgIpc) is 2.23. The first-order valence-corrected chi connectivity index (χ1v) is 5.67. The van der Waals surface area contributed by atoms with Crippen LogP contribution in [0.25, 0.3) is 0 Å². The molecule has 0 atom stereocenters. The van der Waals surface area contributed by atoms with Crippen LogP contribution in [0, 0.1) is 0 Å². The van der Waals surface area contributed by atoms with E-state index in [9.17, 15) is 4.79 Å². The topological polar surface area (TPSA) is 46.5 Å². The number of hydrogen-bond donors (Lipinski definition) is 1. The molecule has 0 fully saturated rings. The highest BCUT2D eigenvalue weighted by Crippen LogP contribution is 2.34. The van der Waals surface area contributed by atoms with Crippen molar-refractivity contribution in [2.45, 2.75) is 19.8 Å². The number of ether oxygens (including phenoxy) is 1. The molecule has 0 unspecified atom stereocenters. The number of carboxylic acid groups (broad SMARTS) is 1. The van der Waals surface area contributed by atoms with Crippen LogP contribution in [0.5, 0.6) is 5.75 Å². The van der Waals surface area contributed by atoms with E-state index in [-0.39, 0.29) is 21.4 Å². The van der Waals surface area contributed by atoms with Crippen molar-refractivity contribution >= 4 is 29.2 Å². The molecule has 0 heterocycles. The van der Waals surface area contributed by atoms with Gasteiger partial charge in [0.2, 0.25) is 0 Å². The van der Waals surface area contributed by atoms with E-state index in [0.717, 1.165) is 12.8 Å². The first kappa shape index (κ1) is 13.1. The fourth-order valence-corrected chi connectivity index (χ4v) is 1.63. The van der Waals surface area contributed by atoms with E-state index >= 15 is 0 Å². The highest BCUT2D eigenvalue weighted by atomic mass is 35.5. The molecule has 3 nitrogen and oxygen atoms in total. The predicted molar refractivity (Wildman–Crippen MR) is 63.8 cm³/mol. The minimum Gasteiger partial charge on any atom is -0.491 e. The molecule has 0 radical (unpaired) electrons. The van der Waals surface area contributed by atoms with Gasteiger partial charge in [0.05, 0.1) is 16.7 Å². The fourth-order valence-electron chi connectivity index (χ4n) is 1.19. The molecule has 1 aromatic carbocycles. The molecule has 0 saturated carbocycles. The molecule has 0 amide bonds. The van der Waals surface area contributed by atoms with Crippen molar-refractivity contribution < 1.29 is 14.6 Å². The number of hydrogen-bond acceptors (Lipinski definition) is 2. The number of aromatic carboxylic acids is 1. The Kier molecular flexibility index (Phi) is 4.90. The summed E-state index contributed by atoms with van der Waals surface area (Å²) in [6, 6.07) is 2.97. The zero-order valence-corrected chi connectivity index (χ0v) is 10.3. The standard InChI is InChI=1S/C11H12Cl2O3/c1-2-3-6-16-10-8(13)5-4-7(12)9(10)11(14)15/h4-5H,2-3,6H2,1H3,(H,14,15). The maximum absolute atomic E-state index is 11.0. The maximum atomic E-state index is 11.0. The lowest BCUT2D eigenvalue weighted by molar-refractivity contribution is 0.0692. The second-order valence-corrected chi connectivity index (χ2v) is 4.05. The lowest BCUT2D eigenvalue weighted by atomic mass is 10.2. The van der Waals surface area contributed by atoms with Gasteiger partial charge in [-0.25, -0.2) is 4.79 Å². The molecule has 0 bridgehead atoms. The van der Waals surface area contributed by atoms with Gasteiger partial charge in [-0.15, -0.1) is 0 Å². The second-order valence-electron chi connectivity index (χ2n) is 3.24. The Hall–Kier alpha value is -0.930. The third kappa shape index (κ3) is 3.03. The Balaban J connectivity index is 3.03. The maximum Gasteiger partial charge on any atom is 0.341 e. The zero-order valence-electron chi connectivity index (χ0n) is 8.80. The van der Waals surface area contributed by atoms with E-state index in [4.69, 9.17) is 33.0 Å². The monoisotopic (exact) mass is 262 g/mol. The summed E-state index contributed by atoms with van der Waals surface area (Å²) >= 11 is 11.7. The zero-order chi connectivity index (χ0) is 12.1. The molecule has 0 aromatic heterocycles. The van der Waals surface area contributed by atoms with Crippen molar-refractivity contribution in [3.8, 4) is 5.75 Å². The molecule has 0 saturated heterocycles. The Morgan fingerprint density at radius 2 is 2.00 bits per heavy atom. The summed E-state index contributed by atoms with van der Waals surface area (Å²) in [7, 11) is 0. The van der Waals surface area contributed by atoms with E-state index in [2.05, 4.69) is 0 Å². The molecule has 0 aliphatic heterocycles. The highest BCUT2D eigenvalue weighted by Gasteiger charge is 2.18. The van der Waals surface area contributed by atoms with Crippen LogP contribution < -0.4 is 4.74 Å². The van der Waals surface area contributed by atoms with Gasteiger partial charge in [-0.1, -0.05) is 36.5 Å². The van der Waals surface area contributed by atoms with Crippen LogP contribution in [-0.2, 0) is 0 Å². The molecule has 5 heteroatoms. The van der Waals surface area contributed by atoms with Gasteiger partial charge >= 0.3 is 5.97 Å². The van der Waals surface area contributed by atoms with Crippen molar-refractivity contribution in [1.82, 2.24) is 0 Å². The molecule has 16 heavy (non-hydrogen) atoms. The van der Waals surface area contributed by atoms with Crippen LogP contribution >= 0.6 is 23.2 Å². The van der Waals surface area contributed by atoms with Gasteiger partial charge in [0.25, 0.3) is 0 Å². The number of carboxylic acids is 1. The van der Waals surface area contributed by atoms with Crippen molar-refractivity contribution in [3.63, 3.8) is 0 Å². The summed E-state index contributed by atoms with van der Waals surface area (Å²) in [4.78, 5) is 11.0. The smallest absolute Gasteiger partial charge is 0.341 e. The predicted octanol–water partition coefficient (Wildman–Crippen LogP) is 3.87. The van der Waals surface area contributed by atoms with Gasteiger partial charge in [0.1, 0.15) is 5.56 Å². The van der Waals surface area contributed by atoms with E-state index in [1.807, 2.05) is 6.92 Å². The number of halogens is 2. The van der Waals surface area contributed by atoms with Gasteiger partial charge in [0.15, 0.2) is 5.75 Å². The SMILES string of the molecule is CCCCOc1c(Cl)ccc(Cl)c1C(=O)O. The van der Waals surface area contributed by atoms with Gasteiger partial charge in [-0.05, 0) is 18.6 Å². The van der Waals surface area contributed by atoms with Gasteiger partial charge < -0.3 is 9.84 Å². The third-order valence-electron chi connectivity index (χ3n) is 2.02. The number of benzene rings is 1. The summed E-state index contributed by atoms with van der Waals surface area (Å²) in [5.41, 5.74) is -0.0785. The quantitative estimate of drug-likeness (QED) is 0.820. The molecule has 1 rings (SSSR count). The first-order chi connectivity index (χ1) is 7.57. The lowest BCUT2D eigenvalue weighted by Crippen LogP contribution is -2.05. The number of carbonyl (C=O) groups is 1. The van der Waals surface area contributed by atoms with Crippen molar-refractivity contribution in [2.24, 2.45) is 0 Å². The fraction of sp³-hybridized carbons (Fsp3) is 0.364. The molecule has 1 aromatic rings. The summed E-state index contributed by atoms with van der Waals surface area (Å²) in [5.74, 6) is -0.992. The van der Waals surface area contributed by atoms with Gasteiger partial charge in [0, 0.05) is 0 Å². The van der Waals surface area contributed by atoms with Crippen LogP contribution in [0.15, 0.2) is 12.1 Å². The number of unbranched alkanes of at least 4 members (excludes halogenated alkanes) is 1. The highest BCUT2D eigenvalue weighted by molar-refractivity contribution is 6.36. The largest absolute Gasteiger partial charge is 0.491 e. The lowest BCUT2D eigenvalue weighted by Gasteiger charge is -2.11. The van der Waals surface area contributed by atoms with Crippen LogP contribution in [0.2, 0.25) is 10.0 Å². The summed E-state index contributed by atoms with van der Waals surface area (Å²) < 4.78 is 5.35. The summed E-state index contributed by atoms with van der Waals surface area (Å²) in [6.45, 7) is 2.44. The molecule has 0 spiro atoms. The van der Waals surface area contributed by atoms with E-state index in [1.54, 1.807) is 0 Å². The van der Waals surface area contributed by atoms with Crippen LogP contribution in [-0.4, -0.2) is 17.7 Å². The molecular weight excluding hydrogens is 251 g/mol. The normalized spacial score (nSPS) is 10.2. The van der Waals surface area contributed by atoms with Gasteiger partial charge in [-0.3, -0.25) is 0 Å². The van der Waals surface area contributed by atoms with Crippen molar-refractivity contribution in [3.05, 3.63) is 27.7 Å². The molecule has 1 N–H and O–H groups in total. The van der Waals surface area contributed by atoms with Crippen LogP contribution in [0.1, 0.15) is 30.1 Å². The minimum atomic E-state index is -1.14. The molecule has 88 valence electrons. The third-order valence-corrected chi connectivity index (χ3v) is 2.63. The Morgan fingerprint density at radius 1 is 1.38 bits per heavy atom. The summed E-state index contributed by atoms with van der Waals surface area (Å²) in [5, 5.41) is 9.39. The van der Waals surface area contributed by atoms with Crippen molar-refractivity contribution in [2.75, 3.05) is 6.61 Å². The van der Waals surface area contributed by atoms with Crippen molar-refractivity contribution in [1.29, 1.82) is 0 Å². The Bertz CT molecular complexity index is 391. The first-order valence-electron chi connectivity index (χ1n) is 4.92. The number of rotatable bonds is 5. The van der Waals surface area contributed by atoms with Crippen LogP contribution in [0.3, 0.4) is 0 Å². The Labute approximate surface area is 104 Å². The Morgan fingerprint density at radius 3 is 2.56 bits per heavy atom. The molecule has 0 aliphatic carbocycles. The van der Waals surface area contributed by atoms with E-state index in [1.165, 1.54) is 12.1 Å². The van der Waals surface area contributed by atoms with Gasteiger partial charge in [-0.2, -0.15) is 0 Å². The molecular formula is C11H12Cl2O3. The van der Waals surface area contributed by atoms with E-state index in [0.29, 0.717) is 6.61 Å². The minimum absolute atomic E-state index is 0.0785. The van der Waals surface area contributed by atoms with Crippen LogP contribution in [0.4, 0.5) is 0 Å². The molecule has 0 aliphatic rings. The average molecular weight is 263 g/mol. The summed E-state index contributed by atoms with van der Waals surface area (Å²) in [6.07, 6.45) is 1.79. The van der Waals surface area contributed by atoms with E-state index < -0.39 is 5.97 Å². The second kappa shape index (κ2) is 5.97.